The van der Waals surface area contributed by atoms with Crippen molar-refractivity contribution < 1.29 is 22.7 Å². The van der Waals surface area contributed by atoms with Crippen molar-refractivity contribution >= 4 is 44.8 Å². The van der Waals surface area contributed by atoms with Gasteiger partial charge in [-0.2, -0.15) is 0 Å². The van der Waals surface area contributed by atoms with Crippen LogP contribution in [0.1, 0.15) is 10.4 Å². The van der Waals surface area contributed by atoms with Gasteiger partial charge in [-0.3, -0.25) is 9.59 Å². The summed E-state index contributed by atoms with van der Waals surface area (Å²) >= 11 is 5.85. The summed E-state index contributed by atoms with van der Waals surface area (Å²) in [6.45, 7) is -0.191. The first-order chi connectivity index (χ1) is 13.6. The number of nitrogens with two attached hydrogens (primary N) is 1. The highest BCUT2D eigenvalue weighted by atomic mass is 35.5. The lowest BCUT2D eigenvalue weighted by Gasteiger charge is -2.16. The number of anilines is 2. The summed E-state index contributed by atoms with van der Waals surface area (Å²) in [5.74, 6) is -1.00. The number of nitrogens with zero attached hydrogens (tertiary/aromatic N) is 1. The molecule has 0 aliphatic carbocycles. The van der Waals surface area contributed by atoms with Crippen molar-refractivity contribution in [2.45, 2.75) is 4.90 Å². The van der Waals surface area contributed by atoms with Gasteiger partial charge in [0.05, 0.1) is 19.2 Å². The van der Waals surface area contributed by atoms with Gasteiger partial charge in [0, 0.05) is 30.5 Å². The van der Waals surface area contributed by atoms with Crippen molar-refractivity contribution in [1.29, 1.82) is 0 Å². The van der Waals surface area contributed by atoms with Gasteiger partial charge in [0.2, 0.25) is 15.9 Å². The Hall–Kier alpha value is -2.82. The predicted octanol–water partition coefficient (Wildman–Crippen LogP) is 1.75. The molecule has 0 heterocycles. The van der Waals surface area contributed by atoms with E-state index in [1.165, 1.54) is 51.5 Å². The van der Waals surface area contributed by atoms with Gasteiger partial charge in [-0.15, -0.1) is 0 Å². The number of hydrogen-bond acceptors (Lipinski definition) is 6. The maximum Gasteiger partial charge on any atom is 0.250 e. The highest BCUT2D eigenvalue weighted by molar-refractivity contribution is 7.89. The molecule has 2 amide bonds. The molecule has 2 aromatic rings. The summed E-state index contributed by atoms with van der Waals surface area (Å²) in [6, 6.07) is 8.75. The van der Waals surface area contributed by atoms with Crippen LogP contribution < -0.4 is 21.1 Å². The van der Waals surface area contributed by atoms with E-state index in [0.717, 1.165) is 4.31 Å². The molecule has 0 aromatic heterocycles. The molecule has 0 fully saturated rings. The number of methoxy groups -OCH3 is 1. The van der Waals surface area contributed by atoms with Gasteiger partial charge in [-0.1, -0.05) is 11.6 Å². The minimum Gasteiger partial charge on any atom is -0.495 e. The Labute approximate surface area is 173 Å². The van der Waals surface area contributed by atoms with E-state index < -0.39 is 21.8 Å². The van der Waals surface area contributed by atoms with Gasteiger partial charge in [0.1, 0.15) is 10.6 Å². The zero-order chi connectivity index (χ0) is 21.8. The van der Waals surface area contributed by atoms with E-state index in [1.807, 2.05) is 0 Å². The lowest BCUT2D eigenvalue weighted by Crippen LogP contribution is -2.25. The van der Waals surface area contributed by atoms with Crippen LogP contribution in [0, 0.1) is 0 Å². The van der Waals surface area contributed by atoms with Crippen LogP contribution in [-0.2, 0) is 14.8 Å². The van der Waals surface area contributed by atoms with Gasteiger partial charge >= 0.3 is 0 Å². The van der Waals surface area contributed by atoms with Crippen molar-refractivity contribution in [3.05, 3.63) is 47.0 Å². The van der Waals surface area contributed by atoms with Crippen molar-refractivity contribution in [1.82, 2.24) is 4.31 Å². The van der Waals surface area contributed by atoms with Gasteiger partial charge in [0.15, 0.2) is 0 Å². The maximum atomic E-state index is 12.5. The van der Waals surface area contributed by atoms with Crippen molar-refractivity contribution in [3.8, 4) is 5.75 Å². The zero-order valence-corrected chi connectivity index (χ0v) is 17.6. The quantitative estimate of drug-likeness (QED) is 0.573. The summed E-state index contributed by atoms with van der Waals surface area (Å²) in [5, 5.41) is 5.73. The number of rotatable bonds is 8. The lowest BCUT2D eigenvalue weighted by molar-refractivity contribution is -0.114. The molecule has 0 aliphatic heterocycles. The Bertz CT molecular complexity index is 1040. The van der Waals surface area contributed by atoms with Crippen molar-refractivity contribution in [2.24, 2.45) is 5.73 Å². The number of amides is 2. The molecule has 0 radical (unpaired) electrons. The Balaban J connectivity index is 2.17. The summed E-state index contributed by atoms with van der Waals surface area (Å²) in [5.41, 5.74) is 6.08. The van der Waals surface area contributed by atoms with E-state index in [-0.39, 0.29) is 28.4 Å². The number of ether oxygens (including phenoxy) is 1. The molecule has 0 saturated heterocycles. The molecule has 0 spiro atoms. The fourth-order valence-corrected chi connectivity index (χ4v) is 3.65. The van der Waals surface area contributed by atoms with Crippen LogP contribution in [0.4, 0.5) is 11.4 Å². The van der Waals surface area contributed by atoms with Crippen LogP contribution in [0.3, 0.4) is 0 Å². The molecule has 2 rings (SSSR count). The highest BCUT2D eigenvalue weighted by Crippen LogP contribution is 2.29. The van der Waals surface area contributed by atoms with E-state index in [4.69, 9.17) is 22.1 Å². The SMILES string of the molecule is COc1ccc(NC(=O)CNc2ccc(Cl)cc2C(N)=O)cc1S(=O)(=O)N(C)C. The molecule has 11 heteroatoms. The third-order valence-corrected chi connectivity index (χ3v) is 5.96. The van der Waals surface area contributed by atoms with E-state index in [2.05, 4.69) is 10.6 Å². The number of benzene rings is 2. The fourth-order valence-electron chi connectivity index (χ4n) is 2.41. The van der Waals surface area contributed by atoms with E-state index >= 15 is 0 Å². The number of hydrogen-bond donors (Lipinski definition) is 3. The second kappa shape index (κ2) is 9.12. The molecule has 29 heavy (non-hydrogen) atoms. The van der Waals surface area contributed by atoms with Gasteiger partial charge in [-0.05, 0) is 36.4 Å². The summed E-state index contributed by atoms with van der Waals surface area (Å²) in [7, 11) is 0.371. The average Bonchev–Trinajstić information content (AvgIpc) is 2.66. The van der Waals surface area contributed by atoms with Crippen molar-refractivity contribution in [3.63, 3.8) is 0 Å². The van der Waals surface area contributed by atoms with Crippen LogP contribution in [-0.4, -0.2) is 52.3 Å². The van der Waals surface area contributed by atoms with Crippen LogP contribution in [0.5, 0.6) is 5.75 Å². The summed E-state index contributed by atoms with van der Waals surface area (Å²) in [6.07, 6.45) is 0. The first kappa shape index (κ1) is 22.5. The van der Waals surface area contributed by atoms with Crippen LogP contribution in [0.15, 0.2) is 41.3 Å². The maximum absolute atomic E-state index is 12.5. The Morgan fingerprint density at radius 3 is 2.45 bits per heavy atom. The number of sulfonamides is 1. The topological polar surface area (TPSA) is 131 Å². The monoisotopic (exact) mass is 440 g/mol. The van der Waals surface area contributed by atoms with Crippen LogP contribution in [0.25, 0.3) is 0 Å². The average molecular weight is 441 g/mol. The number of carbonyl (C=O) groups excluding carboxylic acids is 2. The zero-order valence-electron chi connectivity index (χ0n) is 16.0. The van der Waals surface area contributed by atoms with E-state index in [1.54, 1.807) is 6.07 Å². The van der Waals surface area contributed by atoms with Crippen LogP contribution in [0.2, 0.25) is 5.02 Å². The van der Waals surface area contributed by atoms with Crippen LogP contribution >= 0.6 is 11.6 Å². The second-order valence-corrected chi connectivity index (χ2v) is 8.67. The van der Waals surface area contributed by atoms with Gasteiger partial charge in [0.25, 0.3) is 5.91 Å². The van der Waals surface area contributed by atoms with E-state index in [0.29, 0.717) is 10.7 Å². The Morgan fingerprint density at radius 1 is 1.17 bits per heavy atom. The van der Waals surface area contributed by atoms with Crippen molar-refractivity contribution in [2.75, 3.05) is 38.4 Å². The molecule has 0 unspecified atom stereocenters. The molecule has 0 aliphatic rings. The van der Waals surface area contributed by atoms with Gasteiger partial charge in [-0.25, -0.2) is 12.7 Å². The normalized spacial score (nSPS) is 11.2. The molecule has 0 bridgehead atoms. The minimum atomic E-state index is -3.77. The molecule has 0 saturated carbocycles. The second-order valence-electron chi connectivity index (χ2n) is 6.11. The standard InChI is InChI=1S/C18H21ClN4O5S/c1-23(2)29(26,27)16-9-12(5-7-15(16)28-3)22-17(24)10-21-14-6-4-11(19)8-13(14)18(20)25/h4-9,21H,10H2,1-3H3,(H2,20,25)(H,22,24). The molecule has 4 N–H and O–H groups in total. The number of primary amides is 1. The fraction of sp³-hybridized carbons (Fsp3) is 0.222. The minimum absolute atomic E-state index is 0.0792. The smallest absolute Gasteiger partial charge is 0.250 e. The number of nitrogens with one attached hydrogen (secondary N) is 2. The highest BCUT2D eigenvalue weighted by Gasteiger charge is 2.23. The third-order valence-electron chi connectivity index (χ3n) is 3.89. The summed E-state index contributed by atoms with van der Waals surface area (Å²) < 4.78 is 31.1. The first-order valence-corrected chi connectivity index (χ1v) is 10.1. The molecular formula is C18H21ClN4O5S. The van der Waals surface area contributed by atoms with E-state index in [9.17, 15) is 18.0 Å². The molecule has 0 atom stereocenters. The first-order valence-electron chi connectivity index (χ1n) is 8.30. The predicted molar refractivity (Wildman–Crippen MR) is 111 cm³/mol. The lowest BCUT2D eigenvalue weighted by atomic mass is 10.1. The molecule has 156 valence electrons. The number of halogens is 1. The molecular weight excluding hydrogens is 420 g/mol. The largest absolute Gasteiger partial charge is 0.495 e. The Morgan fingerprint density at radius 2 is 1.86 bits per heavy atom. The van der Waals surface area contributed by atoms with Gasteiger partial charge < -0.3 is 21.1 Å². The third kappa shape index (κ3) is 5.37. The molecule has 2 aromatic carbocycles. The Kier molecular flexibility index (Phi) is 7.07. The number of carbonyl (C=O) groups is 2. The summed E-state index contributed by atoms with van der Waals surface area (Å²) in [4.78, 5) is 23.7. The molecule has 9 nitrogen and oxygen atoms in total.